The van der Waals surface area contributed by atoms with Gasteiger partial charge in [-0.05, 0) is 6.07 Å². The van der Waals surface area contributed by atoms with Gasteiger partial charge in [-0.25, -0.2) is 4.39 Å². The highest BCUT2D eigenvalue weighted by Gasteiger charge is 2.06. The Balaban J connectivity index is 2.36. The molecular formula is C10H11FN2O. The highest BCUT2D eigenvalue weighted by molar-refractivity contribution is 5.81. The van der Waals surface area contributed by atoms with Gasteiger partial charge in [-0.1, -0.05) is 12.1 Å². The lowest BCUT2D eigenvalue weighted by Gasteiger charge is -1.97. The molecule has 14 heavy (non-hydrogen) atoms. The molecule has 0 aliphatic carbocycles. The zero-order valence-electron chi connectivity index (χ0n) is 7.59. The number of anilines is 1. The van der Waals surface area contributed by atoms with E-state index in [1.54, 1.807) is 18.2 Å². The number of nitrogens with one attached hydrogen (secondary N) is 1. The van der Waals surface area contributed by atoms with Crippen LogP contribution in [-0.4, -0.2) is 13.1 Å². The molecule has 1 aromatic heterocycles. The second-order valence-electron chi connectivity index (χ2n) is 2.98. The summed E-state index contributed by atoms with van der Waals surface area (Å²) >= 11 is 0. The number of rotatable bonds is 3. The summed E-state index contributed by atoms with van der Waals surface area (Å²) in [5, 5.41) is 3.71. The van der Waals surface area contributed by atoms with E-state index in [1.807, 2.05) is 0 Å². The zero-order valence-corrected chi connectivity index (χ0v) is 7.59. The highest BCUT2D eigenvalue weighted by atomic mass is 19.1. The summed E-state index contributed by atoms with van der Waals surface area (Å²) in [5.41, 5.74) is 5.61. The fraction of sp³-hybridized carbons (Fsp3) is 0.200. The Morgan fingerprint density at radius 1 is 1.43 bits per heavy atom. The van der Waals surface area contributed by atoms with Gasteiger partial charge >= 0.3 is 0 Å². The van der Waals surface area contributed by atoms with Crippen molar-refractivity contribution in [3.63, 3.8) is 0 Å². The maximum absolute atomic E-state index is 13.2. The van der Waals surface area contributed by atoms with E-state index >= 15 is 0 Å². The van der Waals surface area contributed by atoms with Gasteiger partial charge in [-0.2, -0.15) is 0 Å². The molecule has 0 fully saturated rings. The van der Waals surface area contributed by atoms with Gasteiger partial charge in [0, 0.05) is 24.5 Å². The van der Waals surface area contributed by atoms with Gasteiger partial charge in [0.2, 0.25) is 0 Å². The van der Waals surface area contributed by atoms with E-state index in [2.05, 4.69) is 5.32 Å². The van der Waals surface area contributed by atoms with Crippen LogP contribution >= 0.6 is 0 Å². The van der Waals surface area contributed by atoms with Gasteiger partial charge in [-0.3, -0.25) is 0 Å². The predicted octanol–water partition coefficient (Wildman–Crippen LogP) is 1.94. The normalized spacial score (nSPS) is 10.7. The van der Waals surface area contributed by atoms with E-state index in [0.29, 0.717) is 19.0 Å². The molecule has 0 atom stereocenters. The molecule has 3 nitrogen and oxygen atoms in total. The van der Waals surface area contributed by atoms with Crippen molar-refractivity contribution in [3.05, 3.63) is 30.1 Å². The molecule has 74 valence electrons. The lowest BCUT2D eigenvalue weighted by Crippen LogP contribution is -2.12. The number of hydrogen-bond acceptors (Lipinski definition) is 3. The molecular weight excluding hydrogens is 183 g/mol. The molecule has 0 spiro atoms. The monoisotopic (exact) mass is 194 g/mol. The maximum atomic E-state index is 13.2. The van der Waals surface area contributed by atoms with Crippen LogP contribution in [0.25, 0.3) is 11.0 Å². The molecule has 0 aliphatic rings. The standard InChI is InChI=1S/C10H11FN2O/c11-8-3-1-2-7-6-9(13-5-4-12)14-10(7)8/h1-3,6,13H,4-5,12H2. The van der Waals surface area contributed by atoms with Crippen LogP contribution in [0.15, 0.2) is 28.7 Å². The lowest BCUT2D eigenvalue weighted by atomic mass is 10.2. The minimum Gasteiger partial charge on any atom is -0.438 e. The van der Waals surface area contributed by atoms with Crippen LogP contribution in [0.1, 0.15) is 0 Å². The summed E-state index contributed by atoms with van der Waals surface area (Å²) in [7, 11) is 0. The molecule has 0 unspecified atom stereocenters. The number of para-hydroxylation sites is 1. The van der Waals surface area contributed by atoms with Crippen LogP contribution in [0.2, 0.25) is 0 Å². The van der Waals surface area contributed by atoms with E-state index in [0.717, 1.165) is 5.39 Å². The Morgan fingerprint density at radius 2 is 2.29 bits per heavy atom. The Labute approximate surface area is 80.7 Å². The summed E-state index contributed by atoms with van der Waals surface area (Å²) in [6.45, 7) is 1.13. The van der Waals surface area contributed by atoms with Gasteiger partial charge in [0.1, 0.15) is 0 Å². The van der Waals surface area contributed by atoms with Gasteiger partial charge in [0.15, 0.2) is 17.3 Å². The molecule has 2 aromatic rings. The molecule has 1 aromatic carbocycles. The molecule has 0 amide bonds. The first-order valence-electron chi connectivity index (χ1n) is 4.43. The van der Waals surface area contributed by atoms with E-state index in [-0.39, 0.29) is 11.4 Å². The Bertz CT molecular complexity index is 439. The van der Waals surface area contributed by atoms with Crippen LogP contribution in [0, 0.1) is 5.82 Å². The number of halogens is 1. The number of furan rings is 1. The summed E-state index contributed by atoms with van der Waals surface area (Å²) in [4.78, 5) is 0. The number of nitrogens with two attached hydrogens (primary N) is 1. The van der Waals surface area contributed by atoms with Crippen molar-refractivity contribution in [3.8, 4) is 0 Å². The lowest BCUT2D eigenvalue weighted by molar-refractivity contribution is 0.567. The summed E-state index contributed by atoms with van der Waals surface area (Å²) in [6, 6.07) is 6.59. The van der Waals surface area contributed by atoms with E-state index in [4.69, 9.17) is 10.2 Å². The molecule has 0 aliphatic heterocycles. The van der Waals surface area contributed by atoms with Crippen molar-refractivity contribution in [2.45, 2.75) is 0 Å². The third-order valence-electron chi connectivity index (χ3n) is 1.94. The number of benzene rings is 1. The van der Waals surface area contributed by atoms with E-state index in [1.165, 1.54) is 6.07 Å². The van der Waals surface area contributed by atoms with E-state index in [9.17, 15) is 4.39 Å². The molecule has 2 rings (SSSR count). The molecule has 0 saturated heterocycles. The van der Waals surface area contributed by atoms with Gasteiger partial charge < -0.3 is 15.5 Å². The minimum atomic E-state index is -0.344. The summed E-state index contributed by atoms with van der Waals surface area (Å²) in [6.07, 6.45) is 0. The third-order valence-corrected chi connectivity index (χ3v) is 1.94. The van der Waals surface area contributed by atoms with Crippen molar-refractivity contribution < 1.29 is 8.81 Å². The van der Waals surface area contributed by atoms with Crippen molar-refractivity contribution in [2.75, 3.05) is 18.4 Å². The summed E-state index contributed by atoms with van der Waals surface area (Å²) < 4.78 is 18.4. The molecule has 0 radical (unpaired) electrons. The van der Waals surface area contributed by atoms with Crippen molar-refractivity contribution >= 4 is 16.9 Å². The average molecular weight is 194 g/mol. The first-order chi connectivity index (χ1) is 6.81. The molecule has 4 heteroatoms. The number of fused-ring (bicyclic) bond motifs is 1. The smallest absolute Gasteiger partial charge is 0.194 e. The average Bonchev–Trinajstić information content (AvgIpc) is 2.59. The van der Waals surface area contributed by atoms with Crippen LogP contribution in [-0.2, 0) is 0 Å². The maximum Gasteiger partial charge on any atom is 0.194 e. The molecule has 0 saturated carbocycles. The fourth-order valence-electron chi connectivity index (χ4n) is 1.31. The Kier molecular flexibility index (Phi) is 2.37. The second-order valence-corrected chi connectivity index (χ2v) is 2.98. The van der Waals surface area contributed by atoms with Gasteiger partial charge in [0.05, 0.1) is 0 Å². The topological polar surface area (TPSA) is 51.2 Å². The Morgan fingerprint density at radius 3 is 3.00 bits per heavy atom. The quantitative estimate of drug-likeness (QED) is 0.785. The van der Waals surface area contributed by atoms with Crippen molar-refractivity contribution in [1.29, 1.82) is 0 Å². The van der Waals surface area contributed by atoms with Crippen LogP contribution in [0.4, 0.5) is 10.3 Å². The van der Waals surface area contributed by atoms with Crippen LogP contribution in [0.5, 0.6) is 0 Å². The van der Waals surface area contributed by atoms with Gasteiger partial charge in [0.25, 0.3) is 0 Å². The first-order valence-corrected chi connectivity index (χ1v) is 4.43. The summed E-state index contributed by atoms with van der Waals surface area (Å²) in [5.74, 6) is 0.207. The molecule has 1 heterocycles. The molecule has 3 N–H and O–H groups in total. The Hall–Kier alpha value is -1.55. The number of hydrogen-bond donors (Lipinski definition) is 2. The minimum absolute atomic E-state index is 0.284. The van der Waals surface area contributed by atoms with Crippen molar-refractivity contribution in [2.24, 2.45) is 5.73 Å². The zero-order chi connectivity index (χ0) is 9.97. The first kappa shape index (κ1) is 9.02. The second kappa shape index (κ2) is 3.67. The predicted molar refractivity (Wildman–Crippen MR) is 53.7 cm³/mol. The fourth-order valence-corrected chi connectivity index (χ4v) is 1.31. The van der Waals surface area contributed by atoms with Crippen LogP contribution < -0.4 is 11.1 Å². The van der Waals surface area contributed by atoms with Crippen LogP contribution in [0.3, 0.4) is 0 Å². The van der Waals surface area contributed by atoms with Crippen molar-refractivity contribution in [1.82, 2.24) is 0 Å². The highest BCUT2D eigenvalue weighted by Crippen LogP contribution is 2.24. The SMILES string of the molecule is NCCNc1cc2cccc(F)c2o1. The van der Waals surface area contributed by atoms with E-state index < -0.39 is 0 Å². The molecule has 0 bridgehead atoms. The van der Waals surface area contributed by atoms with Gasteiger partial charge in [-0.15, -0.1) is 0 Å². The third kappa shape index (κ3) is 1.56. The largest absolute Gasteiger partial charge is 0.438 e.